The lowest BCUT2D eigenvalue weighted by atomic mass is 10.1. The van der Waals surface area contributed by atoms with Crippen molar-refractivity contribution >= 4 is 33.0 Å². The molecule has 26 heavy (non-hydrogen) atoms. The highest BCUT2D eigenvalue weighted by atomic mass is 32.2. The van der Waals surface area contributed by atoms with Crippen molar-refractivity contribution in [1.82, 2.24) is 4.31 Å². The van der Waals surface area contributed by atoms with Crippen molar-refractivity contribution < 1.29 is 23.1 Å². The molecule has 1 aliphatic rings. The standard InChI is InChI=1S/C17H20N2O5S2/c1-18(26(22,23)15-6-11-25-16(15)17(20)21)12-13-4-2-3-5-14(13)19-7-9-24-10-8-19/h2-6,11H,7-10,12H2,1H3,(H,20,21). The van der Waals surface area contributed by atoms with E-state index >= 15 is 0 Å². The maximum absolute atomic E-state index is 12.8. The zero-order valence-corrected chi connectivity index (χ0v) is 15.9. The van der Waals surface area contributed by atoms with Crippen molar-refractivity contribution in [3.8, 4) is 0 Å². The number of rotatable bonds is 6. The van der Waals surface area contributed by atoms with Crippen molar-refractivity contribution in [3.63, 3.8) is 0 Å². The van der Waals surface area contributed by atoms with E-state index in [1.54, 1.807) is 0 Å². The van der Waals surface area contributed by atoms with Crippen LogP contribution < -0.4 is 4.90 Å². The second-order valence-corrected chi connectivity index (χ2v) is 8.84. The van der Waals surface area contributed by atoms with Crippen LogP contribution in [0.1, 0.15) is 15.2 Å². The predicted molar refractivity (Wildman–Crippen MR) is 99.4 cm³/mol. The Morgan fingerprint density at radius 2 is 1.96 bits per heavy atom. The van der Waals surface area contributed by atoms with Gasteiger partial charge in [-0.05, 0) is 23.1 Å². The summed E-state index contributed by atoms with van der Waals surface area (Å²) in [6.45, 7) is 2.94. The van der Waals surface area contributed by atoms with Crippen molar-refractivity contribution in [1.29, 1.82) is 0 Å². The molecule has 1 saturated heterocycles. The van der Waals surface area contributed by atoms with Crippen LogP contribution in [0.5, 0.6) is 0 Å². The number of carbonyl (C=O) groups is 1. The number of sulfonamides is 1. The Labute approximate surface area is 156 Å². The average Bonchev–Trinajstić information content (AvgIpc) is 3.14. The number of para-hydroxylation sites is 1. The number of anilines is 1. The van der Waals surface area contributed by atoms with Gasteiger partial charge in [-0.2, -0.15) is 4.31 Å². The van der Waals surface area contributed by atoms with Crippen molar-refractivity contribution in [2.24, 2.45) is 0 Å². The van der Waals surface area contributed by atoms with Gasteiger partial charge in [0.15, 0.2) is 0 Å². The first-order chi connectivity index (χ1) is 12.4. The van der Waals surface area contributed by atoms with Gasteiger partial charge in [-0.1, -0.05) is 18.2 Å². The van der Waals surface area contributed by atoms with Gasteiger partial charge in [-0.15, -0.1) is 11.3 Å². The number of nitrogens with zero attached hydrogens (tertiary/aromatic N) is 2. The second kappa shape index (κ2) is 7.75. The van der Waals surface area contributed by atoms with Gasteiger partial charge < -0.3 is 14.7 Å². The molecule has 2 heterocycles. The molecule has 1 aromatic carbocycles. The zero-order chi connectivity index (χ0) is 18.7. The minimum Gasteiger partial charge on any atom is -0.477 e. The summed E-state index contributed by atoms with van der Waals surface area (Å²) in [5.74, 6) is -1.24. The van der Waals surface area contributed by atoms with Crippen LogP contribution >= 0.6 is 11.3 Å². The molecular formula is C17H20N2O5S2. The summed E-state index contributed by atoms with van der Waals surface area (Å²) in [5.41, 5.74) is 1.84. The summed E-state index contributed by atoms with van der Waals surface area (Å²) >= 11 is 0.907. The molecule has 0 saturated carbocycles. The molecule has 1 aromatic heterocycles. The third-order valence-corrected chi connectivity index (χ3v) is 7.13. The summed E-state index contributed by atoms with van der Waals surface area (Å²) in [6, 6.07) is 8.99. The Morgan fingerprint density at radius 3 is 2.65 bits per heavy atom. The van der Waals surface area contributed by atoms with Gasteiger partial charge >= 0.3 is 5.97 Å². The first kappa shape index (κ1) is 18.8. The smallest absolute Gasteiger partial charge is 0.347 e. The summed E-state index contributed by atoms with van der Waals surface area (Å²) in [5, 5.41) is 10.7. The Kier molecular flexibility index (Phi) is 5.61. The van der Waals surface area contributed by atoms with Crippen molar-refractivity contribution in [3.05, 3.63) is 46.2 Å². The fourth-order valence-electron chi connectivity index (χ4n) is 2.91. The highest BCUT2D eigenvalue weighted by Crippen LogP contribution is 2.28. The monoisotopic (exact) mass is 396 g/mol. The number of carboxylic acid groups (broad SMARTS) is 1. The Bertz CT molecular complexity index is 888. The van der Waals surface area contributed by atoms with E-state index in [0.717, 1.165) is 35.7 Å². The van der Waals surface area contributed by atoms with Crippen LogP contribution in [-0.4, -0.2) is 57.1 Å². The number of carboxylic acids is 1. The minimum atomic E-state index is -3.90. The highest BCUT2D eigenvalue weighted by molar-refractivity contribution is 7.89. The van der Waals surface area contributed by atoms with Crippen LogP contribution in [0.4, 0.5) is 5.69 Å². The van der Waals surface area contributed by atoms with Gasteiger partial charge in [-0.3, -0.25) is 0 Å². The number of hydrogen-bond donors (Lipinski definition) is 1. The predicted octanol–water partition coefficient (Wildman–Crippen LogP) is 2.10. The fraction of sp³-hybridized carbons (Fsp3) is 0.353. The largest absolute Gasteiger partial charge is 0.477 e. The molecular weight excluding hydrogens is 376 g/mol. The molecule has 9 heteroatoms. The molecule has 3 rings (SSSR count). The van der Waals surface area contributed by atoms with Crippen LogP contribution in [0.2, 0.25) is 0 Å². The molecule has 7 nitrogen and oxygen atoms in total. The summed E-state index contributed by atoms with van der Waals surface area (Å²) in [7, 11) is -2.43. The minimum absolute atomic E-state index is 0.158. The number of thiophene rings is 1. The first-order valence-corrected chi connectivity index (χ1v) is 10.4. The Morgan fingerprint density at radius 1 is 1.27 bits per heavy atom. The van der Waals surface area contributed by atoms with Gasteiger partial charge in [0.05, 0.1) is 13.2 Å². The Balaban J connectivity index is 1.87. The number of morpholine rings is 1. The van der Waals surface area contributed by atoms with E-state index in [0.29, 0.717) is 13.2 Å². The third kappa shape index (κ3) is 3.75. The molecule has 0 aliphatic carbocycles. The van der Waals surface area contributed by atoms with Crippen LogP contribution in [0.25, 0.3) is 0 Å². The number of aromatic carboxylic acids is 1. The molecule has 0 unspecified atom stereocenters. The van der Waals surface area contributed by atoms with E-state index in [2.05, 4.69) is 4.90 Å². The third-order valence-electron chi connectivity index (χ3n) is 4.25. The number of hydrogen-bond acceptors (Lipinski definition) is 6. The van der Waals surface area contributed by atoms with Gasteiger partial charge in [0.25, 0.3) is 0 Å². The SMILES string of the molecule is CN(Cc1ccccc1N1CCOCC1)S(=O)(=O)c1ccsc1C(=O)O. The van der Waals surface area contributed by atoms with Crippen LogP contribution in [0, 0.1) is 0 Å². The summed E-state index contributed by atoms with van der Waals surface area (Å²) in [6.07, 6.45) is 0. The average molecular weight is 396 g/mol. The van der Waals surface area contributed by atoms with E-state index < -0.39 is 16.0 Å². The maximum atomic E-state index is 12.8. The quantitative estimate of drug-likeness (QED) is 0.805. The zero-order valence-electron chi connectivity index (χ0n) is 14.3. The van der Waals surface area contributed by atoms with Gasteiger partial charge in [0, 0.05) is 32.4 Å². The molecule has 1 aliphatic heterocycles. The van der Waals surface area contributed by atoms with Gasteiger partial charge in [0.1, 0.15) is 9.77 Å². The lowest BCUT2D eigenvalue weighted by molar-refractivity contribution is 0.0698. The summed E-state index contributed by atoms with van der Waals surface area (Å²) < 4.78 is 32.3. The van der Waals surface area contributed by atoms with Crippen LogP contribution in [0.3, 0.4) is 0 Å². The molecule has 0 spiro atoms. The molecule has 1 N–H and O–H groups in total. The highest BCUT2D eigenvalue weighted by Gasteiger charge is 2.28. The molecule has 2 aromatic rings. The lowest BCUT2D eigenvalue weighted by Crippen LogP contribution is -2.37. The van der Waals surface area contributed by atoms with E-state index in [1.807, 2.05) is 24.3 Å². The van der Waals surface area contributed by atoms with E-state index in [9.17, 15) is 18.3 Å². The lowest BCUT2D eigenvalue weighted by Gasteiger charge is -2.31. The van der Waals surface area contributed by atoms with Crippen LogP contribution in [0.15, 0.2) is 40.6 Å². The molecule has 1 fully saturated rings. The molecule has 140 valence electrons. The van der Waals surface area contributed by atoms with E-state index in [1.165, 1.54) is 22.8 Å². The van der Waals surface area contributed by atoms with Crippen molar-refractivity contribution in [2.75, 3.05) is 38.3 Å². The number of benzene rings is 1. The molecule has 0 amide bonds. The van der Waals surface area contributed by atoms with Gasteiger partial charge in [0.2, 0.25) is 10.0 Å². The number of ether oxygens (including phenoxy) is 1. The normalized spacial score (nSPS) is 15.4. The van der Waals surface area contributed by atoms with Crippen molar-refractivity contribution in [2.45, 2.75) is 11.4 Å². The summed E-state index contributed by atoms with van der Waals surface area (Å²) in [4.78, 5) is 13.1. The second-order valence-electron chi connectivity index (χ2n) is 5.91. The van der Waals surface area contributed by atoms with E-state index in [4.69, 9.17) is 4.74 Å². The first-order valence-electron chi connectivity index (χ1n) is 8.09. The van der Waals surface area contributed by atoms with E-state index in [-0.39, 0.29) is 16.3 Å². The van der Waals surface area contributed by atoms with Gasteiger partial charge in [-0.25, -0.2) is 13.2 Å². The molecule has 0 atom stereocenters. The fourth-order valence-corrected chi connectivity index (χ4v) is 5.28. The molecule has 0 radical (unpaired) electrons. The maximum Gasteiger partial charge on any atom is 0.347 e. The Hall–Kier alpha value is -1.94. The molecule has 0 bridgehead atoms. The van der Waals surface area contributed by atoms with Crippen LogP contribution in [-0.2, 0) is 21.3 Å². The topological polar surface area (TPSA) is 87.2 Å².